The van der Waals surface area contributed by atoms with E-state index >= 15 is 0 Å². The molecule has 0 radical (unpaired) electrons. The van der Waals surface area contributed by atoms with Gasteiger partial charge in [0, 0.05) is 3.57 Å². The molecular weight excluding hydrogens is 287 g/mol. The maximum absolute atomic E-state index is 12.5. The van der Waals surface area contributed by atoms with E-state index in [0.29, 0.717) is 6.07 Å². The summed E-state index contributed by atoms with van der Waals surface area (Å²) in [5.41, 5.74) is -0.952. The third-order valence-corrected chi connectivity index (χ3v) is 1.81. The molecule has 5 heteroatoms. The van der Waals surface area contributed by atoms with Crippen LogP contribution in [0.2, 0.25) is 0 Å². The first kappa shape index (κ1) is 9.76. The second-order valence-corrected chi connectivity index (χ2v) is 3.40. The van der Waals surface area contributed by atoms with E-state index in [1.54, 1.807) is 22.6 Å². The Kier molecular flexibility index (Phi) is 2.60. The van der Waals surface area contributed by atoms with Crippen LogP contribution in [0.5, 0.6) is 0 Å². The highest BCUT2D eigenvalue weighted by Gasteiger charge is 2.31. The molecule has 0 aliphatic carbocycles. The lowest BCUT2D eigenvalue weighted by Crippen LogP contribution is -2.05. The van der Waals surface area contributed by atoms with Crippen LogP contribution in [0.3, 0.4) is 0 Å². The summed E-state index contributed by atoms with van der Waals surface area (Å²) < 4.78 is 48.6. The molecule has 1 aromatic rings. The fourth-order valence-electron chi connectivity index (χ4n) is 0.717. The van der Waals surface area contributed by atoms with Gasteiger partial charge in [-0.1, -0.05) is 0 Å². The van der Waals surface area contributed by atoms with Crippen molar-refractivity contribution in [1.82, 2.24) is 0 Å². The SMILES string of the molecule is Fc1cc(I)cc(C(F)(F)F)c1. The summed E-state index contributed by atoms with van der Waals surface area (Å²) in [6.07, 6.45) is -4.47. The Labute approximate surface area is 79.7 Å². The van der Waals surface area contributed by atoms with Crippen molar-refractivity contribution in [3.05, 3.63) is 33.1 Å². The summed E-state index contributed by atoms with van der Waals surface area (Å²) in [7, 11) is 0. The molecule has 0 aliphatic rings. The summed E-state index contributed by atoms with van der Waals surface area (Å²) in [6.45, 7) is 0. The van der Waals surface area contributed by atoms with Gasteiger partial charge in [0.1, 0.15) is 5.82 Å². The Morgan fingerprint density at radius 1 is 1.08 bits per heavy atom. The Bertz CT molecular complexity index is 272. The van der Waals surface area contributed by atoms with Crippen molar-refractivity contribution in [1.29, 1.82) is 0 Å². The number of rotatable bonds is 0. The number of benzene rings is 1. The van der Waals surface area contributed by atoms with Crippen LogP contribution in [0.4, 0.5) is 17.6 Å². The fourth-order valence-corrected chi connectivity index (χ4v) is 1.35. The van der Waals surface area contributed by atoms with Crippen molar-refractivity contribution >= 4 is 22.6 Å². The van der Waals surface area contributed by atoms with Gasteiger partial charge < -0.3 is 0 Å². The second kappa shape index (κ2) is 3.20. The first-order valence-electron chi connectivity index (χ1n) is 2.93. The monoisotopic (exact) mass is 290 g/mol. The Hall–Kier alpha value is -0.330. The number of alkyl halides is 3. The first-order chi connectivity index (χ1) is 5.39. The van der Waals surface area contributed by atoms with Gasteiger partial charge in [-0.3, -0.25) is 0 Å². The number of hydrogen-bond donors (Lipinski definition) is 0. The first-order valence-corrected chi connectivity index (χ1v) is 4.01. The van der Waals surface area contributed by atoms with Crippen LogP contribution in [0.15, 0.2) is 18.2 Å². The minimum atomic E-state index is -4.47. The van der Waals surface area contributed by atoms with Crippen LogP contribution in [-0.4, -0.2) is 0 Å². The standard InChI is InChI=1S/C7H3F4I/c8-5-1-4(7(9,10)11)2-6(12)3-5/h1-3H. The molecule has 12 heavy (non-hydrogen) atoms. The average molecular weight is 290 g/mol. The summed E-state index contributed by atoms with van der Waals surface area (Å²) in [4.78, 5) is 0. The molecule has 0 unspecified atom stereocenters. The van der Waals surface area contributed by atoms with Gasteiger partial charge in [0.25, 0.3) is 0 Å². The lowest BCUT2D eigenvalue weighted by molar-refractivity contribution is -0.137. The highest BCUT2D eigenvalue weighted by molar-refractivity contribution is 14.1. The highest BCUT2D eigenvalue weighted by Crippen LogP contribution is 2.30. The topological polar surface area (TPSA) is 0 Å². The molecule has 1 aromatic carbocycles. The van der Waals surface area contributed by atoms with Crippen molar-refractivity contribution in [3.63, 3.8) is 0 Å². The van der Waals surface area contributed by atoms with Crippen LogP contribution in [0.25, 0.3) is 0 Å². The van der Waals surface area contributed by atoms with E-state index in [-0.39, 0.29) is 3.57 Å². The molecule has 0 saturated heterocycles. The maximum Gasteiger partial charge on any atom is 0.416 e. The lowest BCUT2D eigenvalue weighted by atomic mass is 10.2. The van der Waals surface area contributed by atoms with Crippen molar-refractivity contribution in [3.8, 4) is 0 Å². The zero-order valence-electron chi connectivity index (χ0n) is 5.62. The minimum absolute atomic E-state index is 0.236. The molecule has 0 nitrogen and oxygen atoms in total. The zero-order valence-corrected chi connectivity index (χ0v) is 7.78. The average Bonchev–Trinajstić information content (AvgIpc) is 1.82. The predicted octanol–water partition coefficient (Wildman–Crippen LogP) is 3.45. The molecule has 0 atom stereocenters. The Morgan fingerprint density at radius 2 is 1.67 bits per heavy atom. The van der Waals surface area contributed by atoms with Gasteiger partial charge >= 0.3 is 6.18 Å². The third-order valence-electron chi connectivity index (χ3n) is 1.19. The van der Waals surface area contributed by atoms with E-state index in [4.69, 9.17) is 0 Å². The third kappa shape index (κ3) is 2.33. The van der Waals surface area contributed by atoms with Crippen LogP contribution >= 0.6 is 22.6 Å². The lowest BCUT2D eigenvalue weighted by Gasteiger charge is -2.06. The molecule has 1 rings (SSSR count). The van der Waals surface area contributed by atoms with Gasteiger partial charge in [0.15, 0.2) is 0 Å². The van der Waals surface area contributed by atoms with E-state index in [1.807, 2.05) is 0 Å². The van der Waals surface area contributed by atoms with Gasteiger partial charge in [-0.05, 0) is 40.8 Å². The van der Waals surface area contributed by atoms with Crippen LogP contribution in [0.1, 0.15) is 5.56 Å². The number of halogens is 5. The van der Waals surface area contributed by atoms with E-state index in [1.165, 1.54) is 0 Å². The molecule has 0 bridgehead atoms. The second-order valence-electron chi connectivity index (χ2n) is 2.16. The van der Waals surface area contributed by atoms with Gasteiger partial charge in [-0.15, -0.1) is 0 Å². The molecule has 66 valence electrons. The normalized spacial score (nSPS) is 11.8. The predicted molar refractivity (Wildman–Crippen MR) is 44.1 cm³/mol. The summed E-state index contributed by atoms with van der Waals surface area (Å²) >= 11 is 1.63. The summed E-state index contributed by atoms with van der Waals surface area (Å²) in [6, 6.07) is 2.40. The van der Waals surface area contributed by atoms with Crippen LogP contribution < -0.4 is 0 Å². The summed E-state index contributed by atoms with van der Waals surface area (Å²) in [5, 5.41) is 0. The smallest absolute Gasteiger partial charge is 0.207 e. The molecule has 0 spiro atoms. The maximum atomic E-state index is 12.5. The van der Waals surface area contributed by atoms with Gasteiger partial charge in [0.05, 0.1) is 5.56 Å². The molecule has 0 aromatic heterocycles. The van der Waals surface area contributed by atoms with Crippen molar-refractivity contribution in [2.45, 2.75) is 6.18 Å². The summed E-state index contributed by atoms with van der Waals surface area (Å²) in [5.74, 6) is -0.866. The van der Waals surface area contributed by atoms with Gasteiger partial charge in [-0.2, -0.15) is 13.2 Å². The highest BCUT2D eigenvalue weighted by atomic mass is 127. The van der Waals surface area contributed by atoms with Gasteiger partial charge in [-0.25, -0.2) is 4.39 Å². The Balaban J connectivity index is 3.18. The van der Waals surface area contributed by atoms with Crippen molar-refractivity contribution in [2.75, 3.05) is 0 Å². The molecule has 0 N–H and O–H groups in total. The van der Waals surface area contributed by atoms with E-state index in [9.17, 15) is 17.6 Å². The van der Waals surface area contributed by atoms with E-state index in [2.05, 4.69) is 0 Å². The zero-order chi connectivity index (χ0) is 9.35. The number of hydrogen-bond acceptors (Lipinski definition) is 0. The largest absolute Gasteiger partial charge is 0.416 e. The Morgan fingerprint density at radius 3 is 2.08 bits per heavy atom. The molecule has 0 amide bonds. The van der Waals surface area contributed by atoms with Crippen LogP contribution in [0, 0.1) is 9.39 Å². The fraction of sp³-hybridized carbons (Fsp3) is 0.143. The van der Waals surface area contributed by atoms with Crippen LogP contribution in [-0.2, 0) is 6.18 Å². The molecular formula is C7H3F4I. The minimum Gasteiger partial charge on any atom is -0.207 e. The quantitative estimate of drug-likeness (QED) is 0.507. The van der Waals surface area contributed by atoms with Gasteiger partial charge in [0.2, 0.25) is 0 Å². The van der Waals surface area contributed by atoms with E-state index in [0.717, 1.165) is 12.1 Å². The van der Waals surface area contributed by atoms with Crippen molar-refractivity contribution < 1.29 is 17.6 Å². The van der Waals surface area contributed by atoms with Crippen molar-refractivity contribution in [2.24, 2.45) is 0 Å². The van der Waals surface area contributed by atoms with E-state index < -0.39 is 17.6 Å². The molecule has 0 saturated carbocycles. The molecule has 0 aliphatic heterocycles. The molecule has 0 fully saturated rings. The molecule has 0 heterocycles.